The number of hydrogen-bond acceptors (Lipinski definition) is 3. The van der Waals surface area contributed by atoms with Gasteiger partial charge in [-0.25, -0.2) is 0 Å². The zero-order valence-corrected chi connectivity index (χ0v) is 11.4. The Morgan fingerprint density at radius 3 is 2.58 bits per heavy atom. The van der Waals surface area contributed by atoms with Gasteiger partial charge in [0.25, 0.3) is 0 Å². The summed E-state index contributed by atoms with van der Waals surface area (Å²) in [6.45, 7) is 6.14. The van der Waals surface area contributed by atoms with E-state index >= 15 is 0 Å². The fourth-order valence-electron chi connectivity index (χ4n) is 1.87. The fourth-order valence-corrected chi connectivity index (χ4v) is 1.87. The van der Waals surface area contributed by atoms with Gasteiger partial charge in [-0.2, -0.15) is 0 Å². The van der Waals surface area contributed by atoms with Crippen LogP contribution >= 0.6 is 0 Å². The molecule has 0 bridgehead atoms. The Hall–Kier alpha value is -2.23. The number of amides is 1. The van der Waals surface area contributed by atoms with E-state index in [1.54, 1.807) is 6.26 Å². The Kier molecular flexibility index (Phi) is 3.90. The van der Waals surface area contributed by atoms with Crippen molar-refractivity contribution in [3.63, 3.8) is 0 Å². The lowest BCUT2D eigenvalue weighted by Crippen LogP contribution is -2.07. The Morgan fingerprint density at radius 1 is 1.21 bits per heavy atom. The number of anilines is 2. The molecule has 2 rings (SSSR count). The highest BCUT2D eigenvalue weighted by molar-refractivity contribution is 5.89. The molecular formula is C15H18N2O2. The predicted octanol–water partition coefficient (Wildman–Crippen LogP) is 3.47. The van der Waals surface area contributed by atoms with Crippen molar-refractivity contribution in [3.8, 4) is 0 Å². The Labute approximate surface area is 112 Å². The molecule has 1 aromatic heterocycles. The van der Waals surface area contributed by atoms with Crippen molar-refractivity contribution in [2.75, 3.05) is 10.6 Å². The first-order chi connectivity index (χ1) is 9.06. The second-order valence-electron chi connectivity index (χ2n) is 4.59. The summed E-state index contributed by atoms with van der Waals surface area (Å²) >= 11 is 0. The first-order valence-corrected chi connectivity index (χ1v) is 6.21. The molecule has 0 saturated carbocycles. The fraction of sp³-hybridized carbons (Fsp3) is 0.267. The molecule has 1 aromatic carbocycles. The quantitative estimate of drug-likeness (QED) is 0.883. The number of hydrogen-bond donors (Lipinski definition) is 2. The predicted molar refractivity (Wildman–Crippen MR) is 76.3 cm³/mol. The third kappa shape index (κ3) is 3.37. The van der Waals surface area contributed by atoms with Crippen LogP contribution in [0.25, 0.3) is 0 Å². The van der Waals surface area contributed by atoms with E-state index in [2.05, 4.69) is 10.6 Å². The minimum Gasteiger partial charge on any atom is -0.467 e. The normalized spacial score (nSPS) is 10.3. The summed E-state index contributed by atoms with van der Waals surface area (Å²) in [7, 11) is 0. The van der Waals surface area contributed by atoms with E-state index in [1.165, 1.54) is 6.92 Å². The number of carbonyl (C=O) groups is 1. The maximum absolute atomic E-state index is 11.0. The summed E-state index contributed by atoms with van der Waals surface area (Å²) in [6, 6.07) is 7.79. The molecule has 0 aliphatic rings. The molecule has 0 spiro atoms. The molecule has 0 atom stereocenters. The summed E-state index contributed by atoms with van der Waals surface area (Å²) in [6.07, 6.45) is 1.69. The van der Waals surface area contributed by atoms with Gasteiger partial charge in [-0.05, 0) is 49.2 Å². The second kappa shape index (κ2) is 5.61. The van der Waals surface area contributed by atoms with Gasteiger partial charge in [0.2, 0.25) is 5.91 Å². The van der Waals surface area contributed by atoms with Crippen molar-refractivity contribution < 1.29 is 9.21 Å². The van der Waals surface area contributed by atoms with Crippen LogP contribution in [0.1, 0.15) is 23.8 Å². The molecule has 19 heavy (non-hydrogen) atoms. The summed E-state index contributed by atoms with van der Waals surface area (Å²) in [5.41, 5.74) is 4.00. The molecular weight excluding hydrogens is 240 g/mol. The van der Waals surface area contributed by atoms with Crippen LogP contribution in [0, 0.1) is 13.8 Å². The zero-order chi connectivity index (χ0) is 13.8. The van der Waals surface area contributed by atoms with Gasteiger partial charge in [-0.1, -0.05) is 0 Å². The van der Waals surface area contributed by atoms with Crippen molar-refractivity contribution in [2.24, 2.45) is 0 Å². The number of carbonyl (C=O) groups excluding carboxylic acids is 1. The van der Waals surface area contributed by atoms with Gasteiger partial charge >= 0.3 is 0 Å². The van der Waals surface area contributed by atoms with Crippen molar-refractivity contribution in [3.05, 3.63) is 47.4 Å². The molecule has 0 fully saturated rings. The molecule has 2 aromatic rings. The lowest BCUT2D eigenvalue weighted by Gasteiger charge is -2.10. The van der Waals surface area contributed by atoms with Gasteiger partial charge in [0.05, 0.1) is 12.8 Å². The van der Waals surface area contributed by atoms with Gasteiger partial charge in [0.1, 0.15) is 5.76 Å². The van der Waals surface area contributed by atoms with E-state index in [1.807, 2.05) is 38.1 Å². The number of benzene rings is 1. The lowest BCUT2D eigenvalue weighted by atomic mass is 10.1. The summed E-state index contributed by atoms with van der Waals surface area (Å²) in [5, 5.41) is 6.10. The van der Waals surface area contributed by atoms with Crippen LogP contribution in [0.15, 0.2) is 34.9 Å². The van der Waals surface area contributed by atoms with E-state index in [0.717, 1.165) is 28.3 Å². The standard InChI is InChI=1S/C15H18N2O2/c1-10-6-7-19-15(10)9-16-13-4-5-14(11(2)8-13)17-12(3)18/h4-8,16H,9H2,1-3H3,(H,17,18). The average molecular weight is 258 g/mol. The van der Waals surface area contributed by atoms with Crippen molar-refractivity contribution >= 4 is 17.3 Å². The van der Waals surface area contributed by atoms with Crippen LogP contribution < -0.4 is 10.6 Å². The van der Waals surface area contributed by atoms with Crippen LogP contribution in [0.3, 0.4) is 0 Å². The third-order valence-electron chi connectivity index (χ3n) is 2.96. The molecule has 0 radical (unpaired) electrons. The number of rotatable bonds is 4. The zero-order valence-electron chi connectivity index (χ0n) is 11.4. The van der Waals surface area contributed by atoms with Gasteiger partial charge in [0.15, 0.2) is 0 Å². The molecule has 4 nitrogen and oxygen atoms in total. The highest BCUT2D eigenvalue weighted by Gasteiger charge is 2.04. The van der Waals surface area contributed by atoms with Gasteiger partial charge in [-0.15, -0.1) is 0 Å². The summed E-state index contributed by atoms with van der Waals surface area (Å²) in [5.74, 6) is 0.874. The van der Waals surface area contributed by atoms with Crippen LogP contribution in [-0.2, 0) is 11.3 Å². The summed E-state index contributed by atoms with van der Waals surface area (Å²) < 4.78 is 5.37. The van der Waals surface area contributed by atoms with Gasteiger partial charge in [-0.3, -0.25) is 4.79 Å². The molecule has 0 aliphatic heterocycles. The molecule has 2 N–H and O–H groups in total. The van der Waals surface area contributed by atoms with Crippen molar-refractivity contribution in [1.29, 1.82) is 0 Å². The first kappa shape index (κ1) is 13.2. The van der Waals surface area contributed by atoms with E-state index in [4.69, 9.17) is 4.42 Å². The molecule has 100 valence electrons. The van der Waals surface area contributed by atoms with E-state index in [0.29, 0.717) is 6.54 Å². The maximum Gasteiger partial charge on any atom is 0.221 e. The molecule has 1 heterocycles. The average Bonchev–Trinajstić information content (AvgIpc) is 2.75. The van der Waals surface area contributed by atoms with Gasteiger partial charge < -0.3 is 15.1 Å². The summed E-state index contributed by atoms with van der Waals surface area (Å²) in [4.78, 5) is 11.0. The highest BCUT2D eigenvalue weighted by atomic mass is 16.3. The van der Waals surface area contributed by atoms with Crippen molar-refractivity contribution in [1.82, 2.24) is 0 Å². The smallest absolute Gasteiger partial charge is 0.221 e. The van der Waals surface area contributed by atoms with Crippen LogP contribution in [0.4, 0.5) is 11.4 Å². The van der Waals surface area contributed by atoms with Crippen LogP contribution in [0.5, 0.6) is 0 Å². The lowest BCUT2D eigenvalue weighted by molar-refractivity contribution is -0.114. The first-order valence-electron chi connectivity index (χ1n) is 6.21. The second-order valence-corrected chi connectivity index (χ2v) is 4.59. The minimum absolute atomic E-state index is 0.0602. The number of nitrogens with one attached hydrogen (secondary N) is 2. The molecule has 1 amide bonds. The monoisotopic (exact) mass is 258 g/mol. The SMILES string of the molecule is CC(=O)Nc1ccc(NCc2occc2C)cc1C. The molecule has 0 aliphatic carbocycles. The van der Waals surface area contributed by atoms with Gasteiger partial charge in [0, 0.05) is 18.3 Å². The molecule has 0 saturated heterocycles. The third-order valence-corrected chi connectivity index (χ3v) is 2.96. The highest BCUT2D eigenvalue weighted by Crippen LogP contribution is 2.20. The Balaban J connectivity index is 2.04. The minimum atomic E-state index is -0.0602. The number of aryl methyl sites for hydroxylation is 2. The van der Waals surface area contributed by atoms with Crippen LogP contribution in [0.2, 0.25) is 0 Å². The van der Waals surface area contributed by atoms with Crippen LogP contribution in [-0.4, -0.2) is 5.91 Å². The number of furan rings is 1. The molecule has 4 heteroatoms. The topological polar surface area (TPSA) is 54.3 Å². The van der Waals surface area contributed by atoms with Crippen molar-refractivity contribution in [2.45, 2.75) is 27.3 Å². The largest absolute Gasteiger partial charge is 0.467 e. The maximum atomic E-state index is 11.0. The Bertz CT molecular complexity index is 588. The van der Waals surface area contributed by atoms with E-state index in [-0.39, 0.29) is 5.91 Å². The van der Waals surface area contributed by atoms with E-state index < -0.39 is 0 Å². The van der Waals surface area contributed by atoms with E-state index in [9.17, 15) is 4.79 Å². The molecule has 0 unspecified atom stereocenters. The Morgan fingerprint density at radius 2 is 2.00 bits per heavy atom.